The van der Waals surface area contributed by atoms with Gasteiger partial charge in [-0.3, -0.25) is 0 Å². The molecule has 144 valence electrons. The van der Waals surface area contributed by atoms with Gasteiger partial charge in [0.2, 0.25) is 0 Å². The first-order valence-corrected chi connectivity index (χ1v) is 11.9. The molecule has 0 spiro atoms. The molecule has 0 bridgehead atoms. The number of benzene rings is 1. The van der Waals surface area contributed by atoms with Gasteiger partial charge in [-0.25, -0.2) is 0 Å². The molecule has 2 heterocycles. The first-order chi connectivity index (χ1) is 12.4. The van der Waals surface area contributed by atoms with E-state index in [4.69, 9.17) is 14.0 Å². The Balaban J connectivity index is 1.78. The van der Waals surface area contributed by atoms with E-state index in [1.807, 2.05) is 39.1 Å². The summed E-state index contributed by atoms with van der Waals surface area (Å²) >= 11 is -1.05. The van der Waals surface area contributed by atoms with Crippen LogP contribution in [0.15, 0.2) is 15.3 Å². The molecule has 0 aromatic heterocycles. The summed E-state index contributed by atoms with van der Waals surface area (Å²) in [6, 6.07) is 4.08. The third-order valence-electron chi connectivity index (χ3n) is 5.06. The summed E-state index contributed by atoms with van der Waals surface area (Å²) in [5, 5.41) is 2.85. The molecule has 3 rings (SSSR count). The second-order valence-corrected chi connectivity index (χ2v) is 11.7. The molecular weight excluding hydrogens is 450 g/mol. The monoisotopic (exact) mass is 478 g/mol. The average Bonchev–Trinajstić information content (AvgIpc) is 3.06. The molecule has 6 nitrogen and oxygen atoms in total. The fourth-order valence-corrected chi connectivity index (χ4v) is 5.68. The SMILES string of the molecule is CC(C)(C)OC(=O)NCc1ccc(B2OC(C)(C)C(C)(C)O2)c2[c]1[Sn][N]=C2. The Morgan fingerprint density at radius 1 is 1.22 bits per heavy atom. The van der Waals surface area contributed by atoms with Crippen molar-refractivity contribution in [1.29, 1.82) is 0 Å². The zero-order valence-electron chi connectivity index (χ0n) is 17.1. The number of nitrogens with zero attached hydrogens (tertiary/aromatic N) is 1. The van der Waals surface area contributed by atoms with E-state index in [1.165, 1.54) is 3.58 Å². The number of hydrogen-bond donors (Lipinski definition) is 1. The molecule has 0 saturated carbocycles. The van der Waals surface area contributed by atoms with E-state index < -0.39 is 40.2 Å². The minimum atomic E-state index is -1.05. The third-order valence-corrected chi connectivity index (χ3v) is 8.13. The Labute approximate surface area is 172 Å². The molecule has 2 aliphatic rings. The van der Waals surface area contributed by atoms with Gasteiger partial charge in [0.05, 0.1) is 0 Å². The van der Waals surface area contributed by atoms with E-state index in [-0.39, 0.29) is 11.2 Å². The van der Waals surface area contributed by atoms with Crippen molar-refractivity contribution in [2.24, 2.45) is 3.21 Å². The molecule has 1 aromatic rings. The van der Waals surface area contributed by atoms with Gasteiger partial charge in [0.15, 0.2) is 0 Å². The zero-order chi connectivity index (χ0) is 20.0. The minimum absolute atomic E-state index is 0.378. The van der Waals surface area contributed by atoms with Crippen LogP contribution in [0.4, 0.5) is 4.79 Å². The van der Waals surface area contributed by atoms with Crippen molar-refractivity contribution < 1.29 is 18.8 Å². The van der Waals surface area contributed by atoms with Crippen molar-refractivity contribution in [3.05, 3.63) is 23.3 Å². The van der Waals surface area contributed by atoms with Gasteiger partial charge in [-0.2, -0.15) is 0 Å². The number of carbonyl (C=O) groups is 1. The van der Waals surface area contributed by atoms with E-state index in [2.05, 4.69) is 36.2 Å². The standard InChI is InChI=1S/C19H27BN2O4.Sn/c1-17(2,3)24-16(23)22-12-13-8-9-15(14(10-13)11-21)20-25-18(4,5)19(6,7)26-20;/h8-9,11H,12H2,1-7H3,(H,22,23);/q-1;+1. The molecule has 1 N–H and O–H groups in total. The summed E-state index contributed by atoms with van der Waals surface area (Å²) in [6.45, 7) is 14.2. The van der Waals surface area contributed by atoms with Crippen LogP contribution in [-0.2, 0) is 20.6 Å². The first-order valence-electron chi connectivity index (χ1n) is 9.17. The summed E-state index contributed by atoms with van der Waals surface area (Å²) < 4.78 is 23.6. The van der Waals surface area contributed by atoms with Crippen LogP contribution in [-0.4, -0.2) is 57.6 Å². The second-order valence-electron chi connectivity index (χ2n) is 8.92. The molecule has 0 atom stereocenters. The summed E-state index contributed by atoms with van der Waals surface area (Å²) in [6.07, 6.45) is 1.54. The molecule has 27 heavy (non-hydrogen) atoms. The van der Waals surface area contributed by atoms with Crippen LogP contribution >= 0.6 is 0 Å². The molecule has 8 heteroatoms. The number of ether oxygens (including phenoxy) is 1. The van der Waals surface area contributed by atoms with Crippen LogP contribution in [0.5, 0.6) is 0 Å². The molecule has 1 fully saturated rings. The van der Waals surface area contributed by atoms with Crippen molar-refractivity contribution >= 4 is 49.9 Å². The fourth-order valence-electron chi connectivity index (χ4n) is 2.92. The molecule has 1 aromatic carbocycles. The maximum atomic E-state index is 12.0. The van der Waals surface area contributed by atoms with Crippen LogP contribution < -0.4 is 14.4 Å². The van der Waals surface area contributed by atoms with Crippen molar-refractivity contribution in [3.63, 3.8) is 0 Å². The van der Waals surface area contributed by atoms with Gasteiger partial charge < -0.3 is 0 Å². The maximum absolute atomic E-state index is 12.0. The van der Waals surface area contributed by atoms with Crippen LogP contribution in [0.1, 0.15) is 59.6 Å². The molecule has 0 unspecified atom stereocenters. The van der Waals surface area contributed by atoms with E-state index >= 15 is 0 Å². The Bertz CT molecular complexity index is 771. The number of nitrogens with one attached hydrogen (secondary N) is 1. The molecule has 1 saturated heterocycles. The molecule has 1 amide bonds. The van der Waals surface area contributed by atoms with Crippen LogP contribution in [0.2, 0.25) is 0 Å². The van der Waals surface area contributed by atoms with Crippen LogP contribution in [0, 0.1) is 0 Å². The number of rotatable bonds is 3. The second kappa shape index (κ2) is 7.08. The molecular formula is C19H27BN2O4Sn. The van der Waals surface area contributed by atoms with Gasteiger partial charge in [0.1, 0.15) is 0 Å². The topological polar surface area (TPSA) is 69.2 Å². The summed E-state index contributed by atoms with van der Waals surface area (Å²) in [5.74, 6) is 0. The Hall–Kier alpha value is -1.06. The fraction of sp³-hybridized carbons (Fsp3) is 0.579. The van der Waals surface area contributed by atoms with E-state index in [0.717, 1.165) is 16.6 Å². The number of alkyl carbamates (subject to hydrolysis) is 1. The Morgan fingerprint density at radius 3 is 2.44 bits per heavy atom. The molecule has 2 radical (unpaired) electrons. The summed E-state index contributed by atoms with van der Waals surface area (Å²) in [7, 11) is -0.402. The van der Waals surface area contributed by atoms with Crippen molar-refractivity contribution in [1.82, 2.24) is 5.32 Å². The van der Waals surface area contributed by atoms with Gasteiger partial charge in [-0.15, -0.1) is 0 Å². The van der Waals surface area contributed by atoms with Crippen molar-refractivity contribution in [2.45, 2.75) is 71.8 Å². The van der Waals surface area contributed by atoms with Crippen LogP contribution in [0.3, 0.4) is 0 Å². The zero-order valence-corrected chi connectivity index (χ0v) is 20.0. The predicted molar refractivity (Wildman–Crippen MR) is 108 cm³/mol. The normalized spacial score (nSPS) is 19.9. The quantitative estimate of drug-likeness (QED) is 0.674. The van der Waals surface area contributed by atoms with E-state index in [1.54, 1.807) is 0 Å². The van der Waals surface area contributed by atoms with Gasteiger partial charge >= 0.3 is 172 Å². The van der Waals surface area contributed by atoms with Gasteiger partial charge in [-0.05, 0) is 0 Å². The third kappa shape index (κ3) is 4.35. The average molecular weight is 477 g/mol. The Kier molecular flexibility index (Phi) is 5.42. The number of fused-ring (bicyclic) bond motifs is 1. The van der Waals surface area contributed by atoms with E-state index in [9.17, 15) is 4.79 Å². The van der Waals surface area contributed by atoms with Crippen molar-refractivity contribution in [2.75, 3.05) is 0 Å². The predicted octanol–water partition coefficient (Wildman–Crippen LogP) is 1.69. The van der Waals surface area contributed by atoms with Crippen molar-refractivity contribution in [3.8, 4) is 0 Å². The molecule has 2 aliphatic heterocycles. The van der Waals surface area contributed by atoms with Gasteiger partial charge in [-0.1, -0.05) is 0 Å². The number of amides is 1. The van der Waals surface area contributed by atoms with Gasteiger partial charge in [0.25, 0.3) is 0 Å². The first kappa shape index (κ1) is 20.7. The van der Waals surface area contributed by atoms with Gasteiger partial charge in [0, 0.05) is 0 Å². The molecule has 0 aliphatic carbocycles. The Morgan fingerprint density at radius 2 is 1.85 bits per heavy atom. The summed E-state index contributed by atoms with van der Waals surface area (Å²) in [5.41, 5.74) is 1.96. The summed E-state index contributed by atoms with van der Waals surface area (Å²) in [4.78, 5) is 12.0. The van der Waals surface area contributed by atoms with Crippen LogP contribution in [0.25, 0.3) is 0 Å². The number of hydrogen-bond acceptors (Lipinski definition) is 5. The number of carbonyl (C=O) groups excluding carboxylic acids is 1. The van der Waals surface area contributed by atoms with E-state index in [0.29, 0.717) is 6.54 Å².